The molecule has 16 heavy (non-hydrogen) atoms. The molecule has 0 radical (unpaired) electrons. The van der Waals surface area contributed by atoms with Gasteiger partial charge in [0.2, 0.25) is 5.91 Å². The molecule has 0 saturated carbocycles. The summed E-state index contributed by atoms with van der Waals surface area (Å²) in [6, 6.07) is -0.160. The Kier molecular flexibility index (Phi) is 6.72. The van der Waals surface area contributed by atoms with Crippen LogP contribution in [0.15, 0.2) is 0 Å². The summed E-state index contributed by atoms with van der Waals surface area (Å²) in [6.07, 6.45) is 1.10. The first-order valence-corrected chi connectivity index (χ1v) is 5.38. The molecule has 0 spiro atoms. The van der Waals surface area contributed by atoms with Crippen LogP contribution in [0.25, 0.3) is 0 Å². The number of rotatable bonds is 6. The second-order valence-corrected chi connectivity index (χ2v) is 4.07. The van der Waals surface area contributed by atoms with Crippen molar-refractivity contribution in [1.29, 1.82) is 0 Å². The quantitative estimate of drug-likeness (QED) is 0.618. The molecule has 1 atom stereocenters. The van der Waals surface area contributed by atoms with Crippen LogP contribution >= 0.6 is 0 Å². The van der Waals surface area contributed by atoms with Gasteiger partial charge >= 0.3 is 5.97 Å². The zero-order valence-electron chi connectivity index (χ0n) is 10.8. The minimum Gasteiger partial charge on any atom is -0.469 e. The lowest BCUT2D eigenvalue weighted by Gasteiger charge is -2.26. The van der Waals surface area contributed by atoms with Crippen molar-refractivity contribution >= 4 is 11.9 Å². The molecule has 0 saturated heterocycles. The molecule has 0 N–H and O–H groups in total. The molecule has 5 nitrogen and oxygen atoms in total. The molecule has 0 rings (SSSR count). The van der Waals surface area contributed by atoms with E-state index in [0.717, 1.165) is 0 Å². The van der Waals surface area contributed by atoms with E-state index in [9.17, 15) is 9.59 Å². The molecule has 0 aromatic carbocycles. The smallest absolute Gasteiger partial charge is 0.305 e. The number of hydrogen-bond acceptors (Lipinski definition) is 4. The van der Waals surface area contributed by atoms with Gasteiger partial charge in [-0.2, -0.15) is 0 Å². The Hall–Kier alpha value is -1.10. The fraction of sp³-hybridized carbons (Fsp3) is 0.818. The lowest BCUT2D eigenvalue weighted by molar-refractivity contribution is -0.140. The van der Waals surface area contributed by atoms with Crippen LogP contribution < -0.4 is 0 Å². The molecule has 5 heteroatoms. The largest absolute Gasteiger partial charge is 0.469 e. The first-order chi connectivity index (χ1) is 7.40. The van der Waals surface area contributed by atoms with E-state index >= 15 is 0 Å². The Labute approximate surface area is 97.3 Å². The second-order valence-electron chi connectivity index (χ2n) is 4.07. The standard InChI is InChI=1S/C11H22N2O3/c1-9(11(15)12(2)3)13(4)8-6-7-10(14)16-5/h9H,6-8H2,1-5H3. The highest BCUT2D eigenvalue weighted by Gasteiger charge is 2.19. The molecule has 1 amide bonds. The second kappa shape index (κ2) is 7.22. The molecular weight excluding hydrogens is 208 g/mol. The van der Waals surface area contributed by atoms with Gasteiger partial charge in [-0.3, -0.25) is 14.5 Å². The number of likely N-dealkylation sites (N-methyl/N-ethyl adjacent to an activating group) is 2. The van der Waals surface area contributed by atoms with Gasteiger partial charge in [0.05, 0.1) is 13.2 Å². The third-order valence-corrected chi connectivity index (χ3v) is 2.58. The SMILES string of the molecule is COC(=O)CCCN(C)C(C)C(=O)N(C)C. The van der Waals surface area contributed by atoms with Crippen molar-refractivity contribution in [2.45, 2.75) is 25.8 Å². The topological polar surface area (TPSA) is 49.9 Å². The van der Waals surface area contributed by atoms with Gasteiger partial charge < -0.3 is 9.64 Å². The summed E-state index contributed by atoms with van der Waals surface area (Å²) in [4.78, 5) is 26.0. The summed E-state index contributed by atoms with van der Waals surface area (Å²) in [5, 5.41) is 0. The molecular formula is C11H22N2O3. The Morgan fingerprint density at radius 3 is 2.25 bits per heavy atom. The third-order valence-electron chi connectivity index (χ3n) is 2.58. The van der Waals surface area contributed by atoms with Crippen LogP contribution in [0, 0.1) is 0 Å². The predicted molar refractivity (Wildman–Crippen MR) is 62.0 cm³/mol. The van der Waals surface area contributed by atoms with Gasteiger partial charge in [0.25, 0.3) is 0 Å². The van der Waals surface area contributed by atoms with Crippen LogP contribution in [-0.4, -0.2) is 62.5 Å². The van der Waals surface area contributed by atoms with Crippen molar-refractivity contribution < 1.29 is 14.3 Å². The number of carbonyl (C=O) groups excluding carboxylic acids is 2. The maximum absolute atomic E-state index is 11.6. The summed E-state index contributed by atoms with van der Waals surface area (Å²) in [5.74, 6) is -0.138. The number of esters is 1. The summed E-state index contributed by atoms with van der Waals surface area (Å²) in [6.45, 7) is 2.57. The molecule has 94 valence electrons. The normalized spacial score (nSPS) is 12.4. The van der Waals surface area contributed by atoms with Crippen LogP contribution in [-0.2, 0) is 14.3 Å². The molecule has 0 fully saturated rings. The van der Waals surface area contributed by atoms with E-state index in [2.05, 4.69) is 4.74 Å². The zero-order valence-corrected chi connectivity index (χ0v) is 10.8. The van der Waals surface area contributed by atoms with Gasteiger partial charge in [-0.25, -0.2) is 0 Å². The lowest BCUT2D eigenvalue weighted by Crippen LogP contribution is -2.43. The first-order valence-electron chi connectivity index (χ1n) is 5.38. The molecule has 0 heterocycles. The number of ether oxygens (including phenoxy) is 1. The predicted octanol–water partition coefficient (Wildman–Crippen LogP) is 0.348. The summed E-state index contributed by atoms with van der Waals surface area (Å²) in [5.41, 5.74) is 0. The van der Waals surface area contributed by atoms with Gasteiger partial charge in [-0.05, 0) is 26.9 Å². The van der Waals surface area contributed by atoms with Crippen molar-refractivity contribution in [2.75, 3.05) is 34.8 Å². The van der Waals surface area contributed by atoms with Crippen molar-refractivity contribution in [3.63, 3.8) is 0 Å². The Morgan fingerprint density at radius 1 is 1.25 bits per heavy atom. The average molecular weight is 230 g/mol. The van der Waals surface area contributed by atoms with Crippen LogP contribution in [0.3, 0.4) is 0 Å². The molecule has 0 bridgehead atoms. The summed E-state index contributed by atoms with van der Waals surface area (Å²) >= 11 is 0. The molecule has 0 aliphatic rings. The van der Waals surface area contributed by atoms with Crippen molar-refractivity contribution in [3.05, 3.63) is 0 Å². The van der Waals surface area contributed by atoms with Gasteiger partial charge in [-0.1, -0.05) is 0 Å². The minimum absolute atomic E-state index is 0.0700. The zero-order chi connectivity index (χ0) is 12.7. The van der Waals surface area contributed by atoms with E-state index in [-0.39, 0.29) is 17.9 Å². The number of hydrogen-bond donors (Lipinski definition) is 0. The molecule has 1 unspecified atom stereocenters. The Balaban J connectivity index is 3.92. The highest BCUT2D eigenvalue weighted by Crippen LogP contribution is 2.02. The number of carbonyl (C=O) groups is 2. The lowest BCUT2D eigenvalue weighted by atomic mass is 10.2. The fourth-order valence-electron chi connectivity index (χ4n) is 1.33. The van der Waals surface area contributed by atoms with Crippen LogP contribution in [0.1, 0.15) is 19.8 Å². The van der Waals surface area contributed by atoms with Gasteiger partial charge in [0, 0.05) is 20.5 Å². The fourth-order valence-corrected chi connectivity index (χ4v) is 1.33. The van der Waals surface area contributed by atoms with E-state index in [4.69, 9.17) is 0 Å². The number of nitrogens with zero attached hydrogens (tertiary/aromatic N) is 2. The van der Waals surface area contributed by atoms with Crippen LogP contribution in [0.5, 0.6) is 0 Å². The molecule has 0 aromatic heterocycles. The van der Waals surface area contributed by atoms with Crippen LogP contribution in [0.4, 0.5) is 0 Å². The number of amides is 1. The summed E-state index contributed by atoms with van der Waals surface area (Å²) in [7, 11) is 6.73. The first kappa shape index (κ1) is 14.9. The third kappa shape index (κ3) is 5.11. The molecule has 0 aliphatic heterocycles. The van der Waals surface area contributed by atoms with E-state index in [0.29, 0.717) is 19.4 Å². The van der Waals surface area contributed by atoms with E-state index in [1.54, 1.807) is 19.0 Å². The summed E-state index contributed by atoms with van der Waals surface area (Å²) < 4.78 is 4.55. The van der Waals surface area contributed by atoms with Crippen molar-refractivity contribution in [1.82, 2.24) is 9.80 Å². The maximum atomic E-state index is 11.6. The van der Waals surface area contributed by atoms with E-state index < -0.39 is 0 Å². The van der Waals surface area contributed by atoms with Crippen molar-refractivity contribution in [3.8, 4) is 0 Å². The van der Waals surface area contributed by atoms with Crippen molar-refractivity contribution in [2.24, 2.45) is 0 Å². The van der Waals surface area contributed by atoms with Gasteiger partial charge in [-0.15, -0.1) is 0 Å². The highest BCUT2D eigenvalue weighted by atomic mass is 16.5. The van der Waals surface area contributed by atoms with E-state index in [1.165, 1.54) is 7.11 Å². The number of methoxy groups -OCH3 is 1. The average Bonchev–Trinajstić information content (AvgIpc) is 2.26. The monoisotopic (exact) mass is 230 g/mol. The van der Waals surface area contributed by atoms with Crippen LogP contribution in [0.2, 0.25) is 0 Å². The van der Waals surface area contributed by atoms with Gasteiger partial charge in [0.1, 0.15) is 0 Å². The maximum Gasteiger partial charge on any atom is 0.305 e. The van der Waals surface area contributed by atoms with E-state index in [1.807, 2.05) is 18.9 Å². The van der Waals surface area contributed by atoms with Gasteiger partial charge in [0.15, 0.2) is 0 Å². The Bertz CT molecular complexity index is 241. The molecule has 0 aliphatic carbocycles. The Morgan fingerprint density at radius 2 is 1.81 bits per heavy atom. The molecule has 0 aromatic rings. The minimum atomic E-state index is -0.208. The highest BCUT2D eigenvalue weighted by molar-refractivity contribution is 5.80.